The van der Waals surface area contributed by atoms with Gasteiger partial charge in [0.1, 0.15) is 5.52 Å². The van der Waals surface area contributed by atoms with Crippen molar-refractivity contribution in [2.24, 2.45) is 5.92 Å². The van der Waals surface area contributed by atoms with Gasteiger partial charge in [0.2, 0.25) is 11.8 Å². The number of amides is 1. The molecule has 0 aliphatic heterocycles. The Morgan fingerprint density at radius 1 is 1.14 bits per heavy atom. The second-order valence-electron chi connectivity index (χ2n) is 7.73. The van der Waals surface area contributed by atoms with Crippen molar-refractivity contribution < 1.29 is 9.21 Å². The summed E-state index contributed by atoms with van der Waals surface area (Å²) in [5, 5.41) is 6.01. The molecule has 1 atom stereocenters. The van der Waals surface area contributed by atoms with Crippen LogP contribution in [0.2, 0.25) is 0 Å². The van der Waals surface area contributed by atoms with E-state index in [4.69, 9.17) is 16.6 Å². The average Bonchev–Trinajstić information content (AvgIpc) is 3.10. The zero-order valence-corrected chi connectivity index (χ0v) is 18.1. The van der Waals surface area contributed by atoms with Gasteiger partial charge in [0.15, 0.2) is 10.7 Å². The van der Waals surface area contributed by atoms with Crippen molar-refractivity contribution in [2.75, 3.05) is 5.32 Å². The number of rotatable bonds is 6. The topological polar surface area (TPSA) is 67.2 Å². The number of nitrogens with zero attached hydrogens (tertiary/aromatic N) is 1. The molecule has 0 radical (unpaired) electrons. The van der Waals surface area contributed by atoms with Gasteiger partial charge < -0.3 is 15.1 Å². The Morgan fingerprint density at radius 2 is 1.86 bits per heavy atom. The van der Waals surface area contributed by atoms with Gasteiger partial charge in [0.25, 0.3) is 0 Å². The van der Waals surface area contributed by atoms with Crippen LogP contribution in [-0.4, -0.2) is 16.0 Å². The van der Waals surface area contributed by atoms with E-state index in [2.05, 4.69) is 41.6 Å². The van der Waals surface area contributed by atoms with E-state index < -0.39 is 0 Å². The fraction of sp³-hybridized carbons (Fsp3) is 0.348. The predicted octanol–water partition coefficient (Wildman–Crippen LogP) is 5.87. The summed E-state index contributed by atoms with van der Waals surface area (Å²) in [6.07, 6.45) is 1.53. The second kappa shape index (κ2) is 9.18. The summed E-state index contributed by atoms with van der Waals surface area (Å²) in [6, 6.07) is 13.8. The minimum absolute atomic E-state index is 0.0858. The molecule has 0 aliphatic carbocycles. The number of oxazole rings is 1. The summed E-state index contributed by atoms with van der Waals surface area (Å²) >= 11 is 5.20. The highest BCUT2D eigenvalue weighted by Crippen LogP contribution is 2.28. The van der Waals surface area contributed by atoms with Crippen molar-refractivity contribution in [3.8, 4) is 11.5 Å². The van der Waals surface area contributed by atoms with E-state index in [0.717, 1.165) is 28.8 Å². The van der Waals surface area contributed by atoms with Crippen LogP contribution in [0.3, 0.4) is 0 Å². The quantitative estimate of drug-likeness (QED) is 0.499. The van der Waals surface area contributed by atoms with Gasteiger partial charge in [-0.3, -0.25) is 4.79 Å². The van der Waals surface area contributed by atoms with E-state index in [1.807, 2.05) is 44.2 Å². The molecular weight excluding hydrogens is 382 g/mol. The fourth-order valence-electron chi connectivity index (χ4n) is 3.02. The van der Waals surface area contributed by atoms with E-state index in [-0.39, 0.29) is 11.8 Å². The Bertz CT molecular complexity index is 1010. The Labute approximate surface area is 176 Å². The van der Waals surface area contributed by atoms with E-state index in [0.29, 0.717) is 23.3 Å². The smallest absolute Gasteiger partial charge is 0.227 e. The molecule has 5 nitrogen and oxygen atoms in total. The van der Waals surface area contributed by atoms with Crippen LogP contribution in [-0.2, 0) is 4.79 Å². The molecule has 29 heavy (non-hydrogen) atoms. The van der Waals surface area contributed by atoms with Crippen LogP contribution in [0.4, 0.5) is 5.69 Å². The molecule has 152 valence electrons. The van der Waals surface area contributed by atoms with Crippen molar-refractivity contribution >= 4 is 40.0 Å². The molecule has 0 aliphatic rings. The van der Waals surface area contributed by atoms with Gasteiger partial charge in [-0.05, 0) is 72.4 Å². The zero-order valence-electron chi connectivity index (χ0n) is 17.3. The third-order valence-corrected chi connectivity index (χ3v) is 5.03. The number of aromatic nitrogens is 1. The van der Waals surface area contributed by atoms with Crippen LogP contribution in [0.15, 0.2) is 46.9 Å². The van der Waals surface area contributed by atoms with Gasteiger partial charge in [-0.25, -0.2) is 4.98 Å². The van der Waals surface area contributed by atoms with Crippen molar-refractivity contribution in [1.82, 2.24) is 10.3 Å². The average molecular weight is 410 g/mol. The first-order valence-electron chi connectivity index (χ1n) is 9.97. The van der Waals surface area contributed by atoms with Gasteiger partial charge in [-0.15, -0.1) is 0 Å². The number of nitrogens with one attached hydrogen (secondary N) is 2. The molecule has 0 bridgehead atoms. The molecule has 0 saturated carbocycles. The number of hydrogen-bond donors (Lipinski definition) is 2. The standard InChI is InChI=1S/C23H27N3O2S/c1-5-15(4)17-8-11-20-19(13-17)25-22(28-20)16-6-9-18(10-7-16)24-23(29)26-21(27)12-14(2)3/h6-11,13-15H,5,12H2,1-4H3,(H2,24,26,27,29). The van der Waals surface area contributed by atoms with Gasteiger partial charge in [-0.1, -0.05) is 33.8 Å². The minimum atomic E-state index is -0.0858. The number of carbonyl (C=O) groups is 1. The molecule has 1 amide bonds. The van der Waals surface area contributed by atoms with E-state index in [1.165, 1.54) is 5.56 Å². The van der Waals surface area contributed by atoms with Gasteiger partial charge in [0.05, 0.1) is 0 Å². The molecule has 3 aromatic rings. The van der Waals surface area contributed by atoms with Gasteiger partial charge in [0, 0.05) is 17.7 Å². The summed E-state index contributed by atoms with van der Waals surface area (Å²) in [7, 11) is 0. The van der Waals surface area contributed by atoms with Crippen molar-refractivity contribution in [1.29, 1.82) is 0 Å². The Balaban J connectivity index is 1.69. The maximum Gasteiger partial charge on any atom is 0.227 e. The van der Waals surface area contributed by atoms with Crippen LogP contribution in [0, 0.1) is 5.92 Å². The molecule has 0 saturated heterocycles. The lowest BCUT2D eigenvalue weighted by atomic mass is 9.98. The fourth-order valence-corrected chi connectivity index (χ4v) is 3.25. The molecule has 6 heteroatoms. The molecule has 1 aromatic heterocycles. The van der Waals surface area contributed by atoms with Gasteiger partial charge in [-0.2, -0.15) is 0 Å². The molecular formula is C23H27N3O2S. The highest BCUT2D eigenvalue weighted by atomic mass is 32.1. The summed E-state index contributed by atoms with van der Waals surface area (Å²) in [6.45, 7) is 8.38. The highest BCUT2D eigenvalue weighted by molar-refractivity contribution is 7.80. The molecule has 3 rings (SSSR count). The first kappa shape index (κ1) is 21.0. The number of anilines is 1. The monoisotopic (exact) mass is 409 g/mol. The molecule has 2 N–H and O–H groups in total. The number of hydrogen-bond acceptors (Lipinski definition) is 4. The van der Waals surface area contributed by atoms with Crippen LogP contribution < -0.4 is 10.6 Å². The van der Waals surface area contributed by atoms with E-state index in [1.54, 1.807) is 0 Å². The summed E-state index contributed by atoms with van der Waals surface area (Å²) < 4.78 is 5.92. The van der Waals surface area contributed by atoms with Gasteiger partial charge >= 0.3 is 0 Å². The zero-order chi connectivity index (χ0) is 21.0. The van der Waals surface area contributed by atoms with Crippen LogP contribution >= 0.6 is 12.2 Å². The van der Waals surface area contributed by atoms with Crippen molar-refractivity contribution in [3.63, 3.8) is 0 Å². The van der Waals surface area contributed by atoms with E-state index >= 15 is 0 Å². The van der Waals surface area contributed by atoms with Crippen LogP contribution in [0.1, 0.15) is 52.0 Å². The number of benzene rings is 2. The SMILES string of the molecule is CCC(C)c1ccc2oc(-c3ccc(NC(=S)NC(=O)CC(C)C)cc3)nc2c1. The maximum absolute atomic E-state index is 11.8. The van der Waals surface area contributed by atoms with Crippen molar-refractivity contribution in [3.05, 3.63) is 48.0 Å². The number of fused-ring (bicyclic) bond motifs is 1. The first-order valence-corrected chi connectivity index (χ1v) is 10.4. The predicted molar refractivity (Wildman–Crippen MR) is 122 cm³/mol. The van der Waals surface area contributed by atoms with Crippen molar-refractivity contribution in [2.45, 2.75) is 46.5 Å². The molecule has 1 unspecified atom stereocenters. The molecule has 2 aromatic carbocycles. The Morgan fingerprint density at radius 3 is 2.52 bits per heavy atom. The highest BCUT2D eigenvalue weighted by Gasteiger charge is 2.12. The maximum atomic E-state index is 11.8. The van der Waals surface area contributed by atoms with E-state index in [9.17, 15) is 4.79 Å². The third kappa shape index (κ3) is 5.41. The Hall–Kier alpha value is -2.73. The number of thiocarbonyl (C=S) groups is 1. The second-order valence-corrected chi connectivity index (χ2v) is 8.14. The molecule has 1 heterocycles. The largest absolute Gasteiger partial charge is 0.436 e. The van der Waals surface area contributed by atoms with Crippen LogP contribution in [0.5, 0.6) is 0 Å². The lowest BCUT2D eigenvalue weighted by Gasteiger charge is -2.10. The van der Waals surface area contributed by atoms with Crippen LogP contribution in [0.25, 0.3) is 22.6 Å². The molecule has 0 fully saturated rings. The number of carbonyl (C=O) groups excluding carboxylic acids is 1. The summed E-state index contributed by atoms with van der Waals surface area (Å²) in [5.41, 5.74) is 4.59. The third-order valence-electron chi connectivity index (χ3n) is 4.83. The summed E-state index contributed by atoms with van der Waals surface area (Å²) in [5.74, 6) is 1.28. The summed E-state index contributed by atoms with van der Waals surface area (Å²) in [4.78, 5) is 16.5. The lowest BCUT2D eigenvalue weighted by molar-refractivity contribution is -0.120. The Kier molecular flexibility index (Phi) is 6.64. The normalized spacial score (nSPS) is 12.2. The minimum Gasteiger partial charge on any atom is -0.436 e. The lowest BCUT2D eigenvalue weighted by Crippen LogP contribution is -2.34. The molecule has 0 spiro atoms. The first-order chi connectivity index (χ1) is 13.9.